The van der Waals surface area contributed by atoms with Gasteiger partial charge in [-0.2, -0.15) is 0 Å². The van der Waals surface area contributed by atoms with E-state index in [1.165, 1.54) is 12.3 Å². The summed E-state index contributed by atoms with van der Waals surface area (Å²) in [7, 11) is 0. The van der Waals surface area contributed by atoms with Crippen LogP contribution in [0.2, 0.25) is 0 Å². The predicted octanol–water partition coefficient (Wildman–Crippen LogP) is 3.10. The molecule has 30 heavy (non-hydrogen) atoms. The monoisotopic (exact) mass is 403 g/mol. The molecule has 1 fully saturated rings. The zero-order chi connectivity index (χ0) is 20.7. The molecule has 0 radical (unpaired) electrons. The minimum atomic E-state index is -0.398. The minimum absolute atomic E-state index is 0.398. The second kappa shape index (κ2) is 7.46. The van der Waals surface area contributed by atoms with Crippen molar-refractivity contribution in [3.05, 3.63) is 60.4 Å². The highest BCUT2D eigenvalue weighted by Crippen LogP contribution is 2.33. The van der Waals surface area contributed by atoms with Crippen LogP contribution in [-0.2, 0) is 0 Å². The number of piperazine rings is 1. The Balaban J connectivity index is 1.72. The maximum Gasteiger partial charge on any atom is 0.155 e. The van der Waals surface area contributed by atoms with Crippen molar-refractivity contribution in [2.75, 3.05) is 24.5 Å². The normalized spacial score (nSPS) is 16.9. The molecule has 5 rings (SSSR count). The van der Waals surface area contributed by atoms with Crippen molar-refractivity contribution in [1.82, 2.24) is 29.9 Å². The number of hydrogen-bond acceptors (Lipinski definition) is 6. The van der Waals surface area contributed by atoms with Crippen molar-refractivity contribution in [3.63, 3.8) is 0 Å². The van der Waals surface area contributed by atoms with E-state index in [2.05, 4.69) is 27.1 Å². The van der Waals surface area contributed by atoms with E-state index < -0.39 is 5.82 Å². The molecule has 0 saturated carbocycles. The first-order valence-electron chi connectivity index (χ1n) is 10.0. The Hall–Kier alpha value is -3.39. The molecule has 4 aromatic rings. The zero-order valence-corrected chi connectivity index (χ0v) is 16.9. The van der Waals surface area contributed by atoms with Crippen LogP contribution >= 0.6 is 0 Å². The van der Waals surface area contributed by atoms with Gasteiger partial charge in [0.25, 0.3) is 0 Å². The topological polar surface area (TPSA) is 71.2 Å². The lowest BCUT2D eigenvalue weighted by Gasteiger charge is -2.32. The third kappa shape index (κ3) is 3.39. The summed E-state index contributed by atoms with van der Waals surface area (Å²) in [5, 5.41) is 8.38. The van der Waals surface area contributed by atoms with Gasteiger partial charge in [-0.05, 0) is 44.2 Å². The quantitative estimate of drug-likeness (QED) is 0.567. The number of hydrogen-bond donors (Lipinski definition) is 1. The van der Waals surface area contributed by atoms with Crippen LogP contribution in [0, 0.1) is 12.7 Å². The summed E-state index contributed by atoms with van der Waals surface area (Å²) in [4.78, 5) is 15.4. The van der Waals surface area contributed by atoms with E-state index in [1.807, 2.05) is 35.7 Å². The number of nitrogens with one attached hydrogen (secondary N) is 1. The molecule has 8 heteroatoms. The van der Waals surface area contributed by atoms with Gasteiger partial charge in [-0.25, -0.2) is 13.9 Å². The van der Waals surface area contributed by atoms with E-state index in [9.17, 15) is 4.39 Å². The van der Waals surface area contributed by atoms with Gasteiger partial charge >= 0.3 is 0 Å². The van der Waals surface area contributed by atoms with Crippen LogP contribution in [0.1, 0.15) is 12.6 Å². The van der Waals surface area contributed by atoms with E-state index in [0.29, 0.717) is 22.9 Å². The van der Waals surface area contributed by atoms with Gasteiger partial charge in [0.15, 0.2) is 5.65 Å². The summed E-state index contributed by atoms with van der Waals surface area (Å²) in [6, 6.07) is 9.72. The van der Waals surface area contributed by atoms with Crippen LogP contribution < -0.4 is 10.2 Å². The average Bonchev–Trinajstić information content (AvgIpc) is 3.12. The van der Waals surface area contributed by atoms with Gasteiger partial charge in [-0.3, -0.25) is 9.97 Å². The van der Waals surface area contributed by atoms with E-state index in [1.54, 1.807) is 12.4 Å². The fourth-order valence-corrected chi connectivity index (χ4v) is 3.93. The third-order valence-corrected chi connectivity index (χ3v) is 5.30. The Bertz CT molecular complexity index is 1220. The lowest BCUT2D eigenvalue weighted by atomic mass is 10.1. The number of anilines is 1. The average molecular weight is 403 g/mol. The predicted molar refractivity (Wildman–Crippen MR) is 114 cm³/mol. The van der Waals surface area contributed by atoms with Crippen LogP contribution in [-0.4, -0.2) is 50.2 Å². The molecule has 0 aliphatic carbocycles. The molecule has 5 heterocycles. The maximum absolute atomic E-state index is 13.9. The number of aryl methyl sites for hydroxylation is 1. The van der Waals surface area contributed by atoms with Gasteiger partial charge in [0.05, 0.1) is 6.20 Å². The number of imidazole rings is 1. The molecule has 152 valence electrons. The SMILES string of the molecule is Cc1cc(-c2c(-c3cncc(F)c3)nc3ccc(N4CCN[C@@H](C)C4)nn23)ccn1. The molecular formula is C22H22FN7. The van der Waals surface area contributed by atoms with Crippen molar-refractivity contribution in [3.8, 4) is 22.5 Å². The molecule has 1 atom stereocenters. The first-order chi connectivity index (χ1) is 14.6. The van der Waals surface area contributed by atoms with E-state index in [4.69, 9.17) is 10.1 Å². The van der Waals surface area contributed by atoms with Crippen LogP contribution in [0.5, 0.6) is 0 Å². The standard InChI is InChI=1S/C22H22FN7/c1-14-9-16(5-6-25-14)22-21(17-10-18(23)12-24-11-17)27-19-3-4-20(28-30(19)22)29-8-7-26-15(2)13-29/h3-6,9-12,15,26H,7-8,13H2,1-2H3/t15-/m0/s1. The fraction of sp³-hybridized carbons (Fsp3) is 0.273. The van der Waals surface area contributed by atoms with Crippen molar-refractivity contribution >= 4 is 11.5 Å². The van der Waals surface area contributed by atoms with E-state index in [-0.39, 0.29) is 0 Å². The van der Waals surface area contributed by atoms with E-state index in [0.717, 1.165) is 42.4 Å². The van der Waals surface area contributed by atoms with Crippen LogP contribution in [0.25, 0.3) is 28.2 Å². The van der Waals surface area contributed by atoms with Crippen LogP contribution in [0.4, 0.5) is 10.2 Å². The van der Waals surface area contributed by atoms with Crippen LogP contribution in [0.15, 0.2) is 48.9 Å². The second-order valence-electron chi connectivity index (χ2n) is 7.65. The number of fused-ring (bicyclic) bond motifs is 1. The van der Waals surface area contributed by atoms with Gasteiger partial charge < -0.3 is 10.2 Å². The Morgan fingerprint density at radius 1 is 1.13 bits per heavy atom. The number of aromatic nitrogens is 5. The number of halogens is 1. The molecule has 0 spiro atoms. The first-order valence-corrected chi connectivity index (χ1v) is 10.0. The molecule has 0 amide bonds. The minimum Gasteiger partial charge on any atom is -0.352 e. The summed E-state index contributed by atoms with van der Waals surface area (Å²) < 4.78 is 15.8. The Morgan fingerprint density at radius 2 is 2.03 bits per heavy atom. The first kappa shape index (κ1) is 18.6. The van der Waals surface area contributed by atoms with Crippen LogP contribution in [0.3, 0.4) is 0 Å². The number of pyridine rings is 2. The molecule has 7 nitrogen and oxygen atoms in total. The Kier molecular flexibility index (Phi) is 4.63. The number of nitrogens with zero attached hydrogens (tertiary/aromatic N) is 6. The van der Waals surface area contributed by atoms with Crippen molar-refractivity contribution in [1.29, 1.82) is 0 Å². The smallest absolute Gasteiger partial charge is 0.155 e. The molecule has 1 N–H and O–H groups in total. The van der Waals surface area contributed by atoms with Gasteiger partial charge in [-0.15, -0.1) is 5.10 Å². The lowest BCUT2D eigenvalue weighted by molar-refractivity contribution is 0.481. The third-order valence-electron chi connectivity index (χ3n) is 5.30. The molecule has 0 unspecified atom stereocenters. The van der Waals surface area contributed by atoms with Gasteiger partial charge in [-0.1, -0.05) is 0 Å². The summed E-state index contributed by atoms with van der Waals surface area (Å²) >= 11 is 0. The highest BCUT2D eigenvalue weighted by atomic mass is 19.1. The molecular weight excluding hydrogens is 381 g/mol. The highest BCUT2D eigenvalue weighted by molar-refractivity contribution is 5.81. The van der Waals surface area contributed by atoms with Crippen molar-refractivity contribution in [2.45, 2.75) is 19.9 Å². The largest absolute Gasteiger partial charge is 0.352 e. The van der Waals surface area contributed by atoms with E-state index >= 15 is 0 Å². The Labute approximate surface area is 173 Å². The summed E-state index contributed by atoms with van der Waals surface area (Å²) in [6.07, 6.45) is 4.58. The van der Waals surface area contributed by atoms with Gasteiger partial charge in [0.2, 0.25) is 0 Å². The summed E-state index contributed by atoms with van der Waals surface area (Å²) in [5.41, 5.74) is 4.57. The molecule has 1 aliphatic rings. The zero-order valence-electron chi connectivity index (χ0n) is 16.9. The maximum atomic E-state index is 13.9. The number of rotatable bonds is 3. The van der Waals surface area contributed by atoms with Gasteiger partial charge in [0.1, 0.15) is 23.0 Å². The molecule has 4 aromatic heterocycles. The molecule has 1 aliphatic heterocycles. The van der Waals surface area contributed by atoms with Gasteiger partial charge in [0, 0.05) is 54.9 Å². The van der Waals surface area contributed by atoms with Crippen molar-refractivity contribution in [2.24, 2.45) is 0 Å². The molecule has 1 saturated heterocycles. The summed E-state index contributed by atoms with van der Waals surface area (Å²) in [6.45, 7) is 6.81. The second-order valence-corrected chi connectivity index (χ2v) is 7.65. The summed E-state index contributed by atoms with van der Waals surface area (Å²) in [5.74, 6) is 0.495. The Morgan fingerprint density at radius 3 is 2.83 bits per heavy atom. The fourth-order valence-electron chi connectivity index (χ4n) is 3.93. The lowest BCUT2D eigenvalue weighted by Crippen LogP contribution is -2.49. The molecule has 0 aromatic carbocycles. The highest BCUT2D eigenvalue weighted by Gasteiger charge is 2.21. The van der Waals surface area contributed by atoms with Crippen molar-refractivity contribution < 1.29 is 4.39 Å². The molecule has 0 bridgehead atoms.